The first-order valence-corrected chi connectivity index (χ1v) is 7.28. The number of para-hydroxylation sites is 1. The van der Waals surface area contributed by atoms with E-state index in [1.807, 2.05) is 6.07 Å². The molecule has 1 amide bonds. The van der Waals surface area contributed by atoms with Crippen LogP contribution in [0.3, 0.4) is 0 Å². The summed E-state index contributed by atoms with van der Waals surface area (Å²) in [5.74, 6) is -0.420. The standard InChI is InChI=1S/C16H10F3NOS/c17-16(18,19)13-8-4-7-11-12(9-22-14(11)13)15(21)20-10-5-2-1-3-6-10/h1-9H,(H,20,21). The molecular weight excluding hydrogens is 311 g/mol. The average molecular weight is 321 g/mol. The molecule has 0 aliphatic carbocycles. The van der Waals surface area contributed by atoms with Gasteiger partial charge in [0.25, 0.3) is 5.91 Å². The van der Waals surface area contributed by atoms with E-state index in [-0.39, 0.29) is 10.3 Å². The highest BCUT2D eigenvalue weighted by atomic mass is 32.1. The zero-order chi connectivity index (χ0) is 15.7. The van der Waals surface area contributed by atoms with E-state index in [9.17, 15) is 18.0 Å². The summed E-state index contributed by atoms with van der Waals surface area (Å²) in [6.45, 7) is 0. The van der Waals surface area contributed by atoms with Crippen LogP contribution in [0.1, 0.15) is 15.9 Å². The molecule has 0 saturated heterocycles. The smallest absolute Gasteiger partial charge is 0.322 e. The highest BCUT2D eigenvalue weighted by molar-refractivity contribution is 7.17. The van der Waals surface area contributed by atoms with Crippen LogP contribution < -0.4 is 5.32 Å². The summed E-state index contributed by atoms with van der Waals surface area (Å²) in [5.41, 5.74) is 0.127. The van der Waals surface area contributed by atoms with Gasteiger partial charge in [0.15, 0.2) is 0 Å². The zero-order valence-corrected chi connectivity index (χ0v) is 12.0. The first-order valence-electron chi connectivity index (χ1n) is 6.40. The quantitative estimate of drug-likeness (QED) is 0.693. The Hall–Kier alpha value is -2.34. The fourth-order valence-electron chi connectivity index (χ4n) is 2.18. The Labute approximate surface area is 128 Å². The van der Waals surface area contributed by atoms with Crippen molar-refractivity contribution >= 4 is 33.0 Å². The molecule has 0 aliphatic rings. The van der Waals surface area contributed by atoms with E-state index >= 15 is 0 Å². The summed E-state index contributed by atoms with van der Waals surface area (Å²) in [6, 6.07) is 12.6. The molecule has 6 heteroatoms. The van der Waals surface area contributed by atoms with Crippen LogP contribution in [0.2, 0.25) is 0 Å². The van der Waals surface area contributed by atoms with Gasteiger partial charge in [0.05, 0.1) is 11.1 Å². The van der Waals surface area contributed by atoms with Crippen molar-refractivity contribution in [1.82, 2.24) is 0 Å². The predicted molar refractivity (Wildman–Crippen MR) is 81.2 cm³/mol. The lowest BCUT2D eigenvalue weighted by molar-refractivity contribution is -0.136. The molecule has 0 saturated carbocycles. The monoisotopic (exact) mass is 321 g/mol. The van der Waals surface area contributed by atoms with E-state index in [0.29, 0.717) is 11.1 Å². The SMILES string of the molecule is O=C(Nc1ccccc1)c1csc2c(C(F)(F)F)cccc12. The van der Waals surface area contributed by atoms with E-state index < -0.39 is 17.6 Å². The first kappa shape index (κ1) is 14.6. The molecule has 1 aromatic heterocycles. The predicted octanol–water partition coefficient (Wildman–Crippen LogP) is 5.17. The van der Waals surface area contributed by atoms with E-state index in [1.54, 1.807) is 24.3 Å². The Morgan fingerprint density at radius 1 is 1.00 bits per heavy atom. The summed E-state index contributed by atoms with van der Waals surface area (Å²) in [6.07, 6.45) is -4.43. The number of halogens is 3. The van der Waals surface area contributed by atoms with Crippen LogP contribution in [-0.4, -0.2) is 5.91 Å². The molecule has 1 heterocycles. The van der Waals surface area contributed by atoms with E-state index in [2.05, 4.69) is 5.32 Å². The van der Waals surface area contributed by atoms with Gasteiger partial charge >= 0.3 is 6.18 Å². The van der Waals surface area contributed by atoms with Crippen LogP contribution in [0.5, 0.6) is 0 Å². The number of hydrogen-bond donors (Lipinski definition) is 1. The third-order valence-corrected chi connectivity index (χ3v) is 4.21. The molecule has 1 N–H and O–H groups in total. The van der Waals surface area contributed by atoms with E-state index in [0.717, 1.165) is 17.4 Å². The number of nitrogens with one attached hydrogen (secondary N) is 1. The molecule has 112 valence electrons. The minimum Gasteiger partial charge on any atom is -0.322 e. The van der Waals surface area contributed by atoms with E-state index in [1.165, 1.54) is 17.5 Å². The summed E-state index contributed by atoms with van der Waals surface area (Å²) in [7, 11) is 0. The highest BCUT2D eigenvalue weighted by Crippen LogP contribution is 2.38. The second-order valence-electron chi connectivity index (χ2n) is 4.65. The van der Waals surface area contributed by atoms with Gasteiger partial charge in [-0.25, -0.2) is 0 Å². The van der Waals surface area contributed by atoms with Gasteiger partial charge in [0, 0.05) is 21.2 Å². The zero-order valence-electron chi connectivity index (χ0n) is 11.1. The topological polar surface area (TPSA) is 29.1 Å². The van der Waals surface area contributed by atoms with Crippen molar-refractivity contribution in [3.63, 3.8) is 0 Å². The molecule has 0 aliphatic heterocycles. The number of alkyl halides is 3. The largest absolute Gasteiger partial charge is 0.417 e. The maximum atomic E-state index is 13.0. The summed E-state index contributed by atoms with van der Waals surface area (Å²) >= 11 is 0.925. The molecule has 0 spiro atoms. The summed E-state index contributed by atoms with van der Waals surface area (Å²) in [5, 5.41) is 4.45. The molecule has 2 nitrogen and oxygen atoms in total. The van der Waals surface area contributed by atoms with Gasteiger partial charge in [-0.3, -0.25) is 4.79 Å². The maximum absolute atomic E-state index is 13.0. The number of amides is 1. The maximum Gasteiger partial charge on any atom is 0.417 e. The number of benzene rings is 2. The Morgan fingerprint density at radius 3 is 2.41 bits per heavy atom. The average Bonchev–Trinajstić information content (AvgIpc) is 2.91. The van der Waals surface area contributed by atoms with Crippen LogP contribution in [0.25, 0.3) is 10.1 Å². The van der Waals surface area contributed by atoms with Crippen LogP contribution in [0.15, 0.2) is 53.9 Å². The van der Waals surface area contributed by atoms with Crippen LogP contribution >= 0.6 is 11.3 Å². The van der Waals surface area contributed by atoms with Crippen molar-refractivity contribution in [3.05, 3.63) is 65.0 Å². The van der Waals surface area contributed by atoms with Crippen molar-refractivity contribution in [2.24, 2.45) is 0 Å². The van der Waals surface area contributed by atoms with Crippen molar-refractivity contribution in [1.29, 1.82) is 0 Å². The molecule has 22 heavy (non-hydrogen) atoms. The van der Waals surface area contributed by atoms with Crippen molar-refractivity contribution in [2.45, 2.75) is 6.18 Å². The molecule has 3 rings (SSSR count). The highest BCUT2D eigenvalue weighted by Gasteiger charge is 2.33. The Morgan fingerprint density at radius 2 is 1.73 bits per heavy atom. The van der Waals surface area contributed by atoms with Gasteiger partial charge in [0.1, 0.15) is 0 Å². The summed E-state index contributed by atoms with van der Waals surface area (Å²) in [4.78, 5) is 12.3. The molecule has 0 unspecified atom stereocenters. The van der Waals surface area contributed by atoms with E-state index in [4.69, 9.17) is 0 Å². The van der Waals surface area contributed by atoms with Gasteiger partial charge in [-0.1, -0.05) is 30.3 Å². The molecule has 0 atom stereocenters. The molecular formula is C16H10F3NOS. The lowest BCUT2D eigenvalue weighted by Crippen LogP contribution is -2.11. The Kier molecular flexibility index (Phi) is 3.62. The Bertz CT molecular complexity index is 824. The van der Waals surface area contributed by atoms with Gasteiger partial charge < -0.3 is 5.32 Å². The minimum atomic E-state index is -4.43. The van der Waals surface area contributed by atoms with Crippen molar-refractivity contribution < 1.29 is 18.0 Å². The molecule has 2 aromatic carbocycles. The van der Waals surface area contributed by atoms with Gasteiger partial charge in [-0.15, -0.1) is 11.3 Å². The third-order valence-electron chi connectivity index (χ3n) is 3.18. The van der Waals surface area contributed by atoms with Crippen molar-refractivity contribution in [2.75, 3.05) is 5.32 Å². The fourth-order valence-corrected chi connectivity index (χ4v) is 3.26. The number of carbonyl (C=O) groups excluding carboxylic acids is 1. The Balaban J connectivity index is 2.00. The number of carbonyl (C=O) groups is 1. The first-order chi connectivity index (χ1) is 10.5. The fraction of sp³-hybridized carbons (Fsp3) is 0.0625. The van der Waals surface area contributed by atoms with Crippen LogP contribution in [-0.2, 0) is 6.18 Å². The normalized spacial score (nSPS) is 11.6. The van der Waals surface area contributed by atoms with Gasteiger partial charge in [-0.05, 0) is 18.2 Å². The number of hydrogen-bond acceptors (Lipinski definition) is 2. The van der Waals surface area contributed by atoms with Crippen molar-refractivity contribution in [3.8, 4) is 0 Å². The van der Waals surface area contributed by atoms with Crippen LogP contribution in [0, 0.1) is 0 Å². The lowest BCUT2D eigenvalue weighted by Gasteiger charge is -2.08. The summed E-state index contributed by atoms with van der Waals surface area (Å²) < 4.78 is 39.0. The van der Waals surface area contributed by atoms with Gasteiger partial charge in [0.2, 0.25) is 0 Å². The number of fused-ring (bicyclic) bond motifs is 1. The number of anilines is 1. The molecule has 0 fully saturated rings. The molecule has 0 radical (unpaired) electrons. The van der Waals surface area contributed by atoms with Crippen LogP contribution in [0.4, 0.5) is 18.9 Å². The second-order valence-corrected chi connectivity index (χ2v) is 5.53. The number of rotatable bonds is 2. The molecule has 3 aromatic rings. The molecule has 0 bridgehead atoms. The second kappa shape index (κ2) is 5.46. The third kappa shape index (κ3) is 2.69. The number of thiophene rings is 1. The van der Waals surface area contributed by atoms with Gasteiger partial charge in [-0.2, -0.15) is 13.2 Å². The lowest BCUT2D eigenvalue weighted by atomic mass is 10.1. The minimum absolute atomic E-state index is 0.0770.